The molecule has 0 saturated heterocycles. The third-order valence-corrected chi connectivity index (χ3v) is 4.28. The normalized spacial score (nSPS) is 12.3. The summed E-state index contributed by atoms with van der Waals surface area (Å²) < 4.78 is 32.3. The monoisotopic (exact) mass is 380 g/mol. The number of alkyl halides is 1. The number of ether oxygens (including phenoxy) is 1. The largest absolute Gasteiger partial charge is 0.496 e. The summed E-state index contributed by atoms with van der Waals surface area (Å²) in [7, 11) is 1.41. The molecule has 0 aliphatic carbocycles. The van der Waals surface area contributed by atoms with Crippen LogP contribution in [0.15, 0.2) is 34.8 Å². The number of benzene rings is 2. The molecule has 0 saturated carbocycles. The van der Waals surface area contributed by atoms with Gasteiger partial charge in [-0.3, -0.25) is 0 Å². The predicted octanol–water partition coefficient (Wildman–Crippen LogP) is 5.72. The lowest BCUT2D eigenvalue weighted by molar-refractivity contribution is 0.406. The Balaban J connectivity index is 2.55. The molecule has 1 unspecified atom stereocenters. The average molecular weight is 382 g/mol. The molecule has 0 aliphatic rings. The second-order valence-corrected chi connectivity index (χ2v) is 5.68. The molecule has 0 aliphatic heterocycles. The molecular formula is C14H9BrCl2F2O. The van der Waals surface area contributed by atoms with Crippen molar-refractivity contribution in [3.63, 3.8) is 0 Å². The Bertz CT molecular complexity index is 649. The average Bonchev–Trinajstić information content (AvgIpc) is 2.43. The second-order valence-electron chi connectivity index (χ2n) is 4.01. The quantitative estimate of drug-likeness (QED) is 0.618. The Morgan fingerprint density at radius 1 is 1.15 bits per heavy atom. The maximum absolute atomic E-state index is 13.5. The molecule has 6 heteroatoms. The Morgan fingerprint density at radius 2 is 1.85 bits per heavy atom. The number of methoxy groups -OCH3 is 1. The highest BCUT2D eigenvalue weighted by molar-refractivity contribution is 9.10. The SMILES string of the molecule is COc1cc(F)c(Br)cc1C(Cl)c1cccc(F)c1Cl. The summed E-state index contributed by atoms with van der Waals surface area (Å²) in [5, 5.41) is -0.819. The van der Waals surface area contributed by atoms with Crippen molar-refractivity contribution >= 4 is 39.1 Å². The van der Waals surface area contributed by atoms with Crippen LogP contribution in [0.4, 0.5) is 8.78 Å². The molecule has 20 heavy (non-hydrogen) atoms. The lowest BCUT2D eigenvalue weighted by Crippen LogP contribution is -2.00. The van der Waals surface area contributed by atoms with E-state index in [1.807, 2.05) is 0 Å². The summed E-state index contributed by atoms with van der Waals surface area (Å²) in [6.07, 6.45) is 0. The lowest BCUT2D eigenvalue weighted by atomic mass is 10.0. The van der Waals surface area contributed by atoms with E-state index in [0.717, 1.165) is 0 Å². The zero-order valence-electron chi connectivity index (χ0n) is 10.3. The molecule has 0 N–H and O–H groups in total. The van der Waals surface area contributed by atoms with Crippen LogP contribution < -0.4 is 4.74 Å². The Morgan fingerprint density at radius 3 is 2.50 bits per heavy atom. The van der Waals surface area contributed by atoms with Crippen LogP contribution in [-0.2, 0) is 0 Å². The summed E-state index contributed by atoms with van der Waals surface area (Å²) in [6, 6.07) is 7.07. The molecule has 1 atom stereocenters. The van der Waals surface area contributed by atoms with E-state index in [2.05, 4.69) is 15.9 Å². The van der Waals surface area contributed by atoms with Gasteiger partial charge in [-0.15, -0.1) is 11.6 Å². The van der Waals surface area contributed by atoms with E-state index < -0.39 is 17.0 Å². The molecule has 0 spiro atoms. The van der Waals surface area contributed by atoms with E-state index in [9.17, 15) is 8.78 Å². The van der Waals surface area contributed by atoms with E-state index >= 15 is 0 Å². The van der Waals surface area contributed by atoms with E-state index in [1.54, 1.807) is 6.07 Å². The third kappa shape index (κ3) is 2.92. The van der Waals surface area contributed by atoms with Crippen molar-refractivity contribution in [2.24, 2.45) is 0 Å². The van der Waals surface area contributed by atoms with Crippen molar-refractivity contribution in [3.8, 4) is 5.75 Å². The molecule has 0 aromatic heterocycles. The fourth-order valence-corrected chi connectivity index (χ4v) is 2.81. The molecule has 2 aromatic rings. The van der Waals surface area contributed by atoms with Gasteiger partial charge in [0, 0.05) is 11.6 Å². The Labute approximate surface area is 133 Å². The second kappa shape index (κ2) is 6.29. The number of hydrogen-bond acceptors (Lipinski definition) is 1. The molecule has 0 fully saturated rings. The van der Waals surface area contributed by atoms with Gasteiger partial charge < -0.3 is 4.74 Å². The fourth-order valence-electron chi connectivity index (χ4n) is 1.80. The topological polar surface area (TPSA) is 9.23 Å². The minimum absolute atomic E-state index is 0.0602. The summed E-state index contributed by atoms with van der Waals surface area (Å²) in [4.78, 5) is 0. The van der Waals surface area contributed by atoms with Gasteiger partial charge in [0.2, 0.25) is 0 Å². The molecular weight excluding hydrogens is 373 g/mol. The highest BCUT2D eigenvalue weighted by Crippen LogP contribution is 2.40. The van der Waals surface area contributed by atoms with E-state index in [1.165, 1.54) is 31.4 Å². The van der Waals surface area contributed by atoms with Crippen LogP contribution in [0.1, 0.15) is 16.5 Å². The van der Waals surface area contributed by atoms with Gasteiger partial charge in [-0.1, -0.05) is 23.7 Å². The first-order valence-electron chi connectivity index (χ1n) is 5.56. The molecule has 106 valence electrons. The van der Waals surface area contributed by atoms with Crippen molar-refractivity contribution in [3.05, 3.63) is 62.6 Å². The lowest BCUT2D eigenvalue weighted by Gasteiger charge is -2.16. The first-order valence-corrected chi connectivity index (χ1v) is 7.17. The van der Waals surface area contributed by atoms with Gasteiger partial charge in [0.05, 0.1) is 22.0 Å². The van der Waals surface area contributed by atoms with Crippen LogP contribution in [-0.4, -0.2) is 7.11 Å². The molecule has 2 aromatic carbocycles. The molecule has 0 heterocycles. The third-order valence-electron chi connectivity index (χ3n) is 2.80. The predicted molar refractivity (Wildman–Crippen MR) is 79.8 cm³/mol. The number of halogens is 5. The Kier molecular flexibility index (Phi) is 4.89. The van der Waals surface area contributed by atoms with Crippen molar-refractivity contribution in [2.75, 3.05) is 7.11 Å². The zero-order valence-corrected chi connectivity index (χ0v) is 13.4. The van der Waals surface area contributed by atoms with Crippen LogP contribution in [0, 0.1) is 11.6 Å². The summed E-state index contributed by atoms with van der Waals surface area (Å²) in [6.45, 7) is 0. The Hall–Kier alpha value is -0.840. The molecule has 0 radical (unpaired) electrons. The van der Waals surface area contributed by atoms with Crippen LogP contribution in [0.3, 0.4) is 0 Å². The van der Waals surface area contributed by atoms with Crippen LogP contribution in [0.25, 0.3) is 0 Å². The minimum Gasteiger partial charge on any atom is -0.496 e. The van der Waals surface area contributed by atoms with Crippen molar-refractivity contribution in [1.29, 1.82) is 0 Å². The summed E-state index contributed by atoms with van der Waals surface area (Å²) in [5.74, 6) is -0.763. The smallest absolute Gasteiger partial charge is 0.142 e. The first kappa shape index (κ1) is 15.5. The van der Waals surface area contributed by atoms with E-state index in [0.29, 0.717) is 11.1 Å². The number of rotatable bonds is 3. The van der Waals surface area contributed by atoms with Gasteiger partial charge in [-0.05, 0) is 33.6 Å². The van der Waals surface area contributed by atoms with Gasteiger partial charge in [0.25, 0.3) is 0 Å². The number of hydrogen-bond donors (Lipinski definition) is 0. The standard InChI is InChI=1S/C14H9BrCl2F2O/c1-20-12-6-11(19)9(15)5-8(12)13(16)7-3-2-4-10(18)14(7)17/h2-6,13H,1H3. The minimum atomic E-state index is -0.759. The van der Waals surface area contributed by atoms with Gasteiger partial charge in [0.15, 0.2) is 0 Å². The van der Waals surface area contributed by atoms with E-state index in [-0.39, 0.29) is 15.2 Å². The molecule has 1 nitrogen and oxygen atoms in total. The van der Waals surface area contributed by atoms with Gasteiger partial charge >= 0.3 is 0 Å². The van der Waals surface area contributed by atoms with Crippen molar-refractivity contribution in [1.82, 2.24) is 0 Å². The molecule has 0 amide bonds. The van der Waals surface area contributed by atoms with Crippen LogP contribution in [0.2, 0.25) is 5.02 Å². The van der Waals surface area contributed by atoms with Crippen LogP contribution >= 0.6 is 39.1 Å². The first-order chi connectivity index (χ1) is 9.45. The molecule has 0 bridgehead atoms. The zero-order chi connectivity index (χ0) is 14.9. The summed E-state index contributed by atoms with van der Waals surface area (Å²) >= 11 is 15.3. The van der Waals surface area contributed by atoms with Gasteiger partial charge in [-0.25, -0.2) is 8.78 Å². The maximum Gasteiger partial charge on any atom is 0.142 e. The van der Waals surface area contributed by atoms with E-state index in [4.69, 9.17) is 27.9 Å². The van der Waals surface area contributed by atoms with Gasteiger partial charge in [0.1, 0.15) is 17.4 Å². The van der Waals surface area contributed by atoms with Crippen LogP contribution in [0.5, 0.6) is 5.75 Å². The summed E-state index contributed by atoms with van der Waals surface area (Å²) in [5.41, 5.74) is 0.889. The highest BCUT2D eigenvalue weighted by Gasteiger charge is 2.21. The van der Waals surface area contributed by atoms with Gasteiger partial charge in [-0.2, -0.15) is 0 Å². The fraction of sp³-hybridized carbons (Fsp3) is 0.143. The van der Waals surface area contributed by atoms with Crippen molar-refractivity contribution < 1.29 is 13.5 Å². The highest BCUT2D eigenvalue weighted by atomic mass is 79.9. The molecule has 2 rings (SSSR count). The maximum atomic E-state index is 13.5. The van der Waals surface area contributed by atoms with Crippen molar-refractivity contribution in [2.45, 2.75) is 5.38 Å².